The summed E-state index contributed by atoms with van der Waals surface area (Å²) in [5.74, 6) is -1.63. The van der Waals surface area contributed by atoms with Crippen LogP contribution < -0.4 is 5.32 Å². The van der Waals surface area contributed by atoms with E-state index in [0.29, 0.717) is 39.3 Å². The maximum atomic E-state index is 12.3. The molecule has 2 atom stereocenters. The van der Waals surface area contributed by atoms with E-state index in [4.69, 9.17) is 14.2 Å². The standard InChI is InChI=1S/C17H30N2O7/c1-5-24-8-9-25-12-6-7-19(11-12)14(20)10-13(15(21)22)18-16(23)26-17(2,3)4/h12-13H,5-11H2,1-4H3,(H,18,23)(H,21,22)/t12?,13-/m0/s1. The van der Waals surface area contributed by atoms with Crippen LogP contribution in [0.4, 0.5) is 4.79 Å². The highest BCUT2D eigenvalue weighted by Gasteiger charge is 2.31. The summed E-state index contributed by atoms with van der Waals surface area (Å²) in [4.78, 5) is 37.0. The van der Waals surface area contributed by atoms with Crippen LogP contribution in [0.3, 0.4) is 0 Å². The number of likely N-dealkylation sites (tertiary alicyclic amines) is 1. The maximum Gasteiger partial charge on any atom is 0.408 e. The fourth-order valence-corrected chi connectivity index (χ4v) is 2.46. The first-order valence-electron chi connectivity index (χ1n) is 8.81. The van der Waals surface area contributed by atoms with E-state index in [1.165, 1.54) is 0 Å². The number of nitrogens with zero attached hydrogens (tertiary/aromatic N) is 1. The number of carbonyl (C=O) groups is 3. The molecule has 9 nitrogen and oxygen atoms in total. The highest BCUT2D eigenvalue weighted by atomic mass is 16.6. The number of carboxylic acid groups (broad SMARTS) is 1. The molecule has 2 amide bonds. The average molecular weight is 374 g/mol. The lowest BCUT2D eigenvalue weighted by atomic mass is 10.2. The van der Waals surface area contributed by atoms with Crippen molar-refractivity contribution in [1.82, 2.24) is 10.2 Å². The number of hydrogen-bond donors (Lipinski definition) is 2. The van der Waals surface area contributed by atoms with Gasteiger partial charge in [0.15, 0.2) is 0 Å². The zero-order chi connectivity index (χ0) is 19.7. The Hall–Kier alpha value is -1.87. The third-order valence-electron chi connectivity index (χ3n) is 3.65. The van der Waals surface area contributed by atoms with Crippen LogP contribution in [-0.2, 0) is 23.8 Å². The molecule has 0 aromatic heterocycles. The molecule has 9 heteroatoms. The molecule has 0 bridgehead atoms. The largest absolute Gasteiger partial charge is 0.480 e. The number of carbonyl (C=O) groups excluding carboxylic acids is 2. The topological polar surface area (TPSA) is 114 Å². The lowest BCUT2D eigenvalue weighted by molar-refractivity contribution is -0.143. The summed E-state index contributed by atoms with van der Waals surface area (Å²) >= 11 is 0. The highest BCUT2D eigenvalue weighted by Crippen LogP contribution is 2.15. The van der Waals surface area contributed by atoms with Gasteiger partial charge in [-0.3, -0.25) is 4.79 Å². The minimum atomic E-state index is -1.34. The normalized spacial score (nSPS) is 18.5. The number of nitrogens with one attached hydrogen (secondary N) is 1. The quantitative estimate of drug-likeness (QED) is 0.579. The number of ether oxygens (including phenoxy) is 3. The summed E-state index contributed by atoms with van der Waals surface area (Å²) in [5, 5.41) is 11.5. The Labute approximate surface area is 154 Å². The Morgan fingerprint density at radius 1 is 1.27 bits per heavy atom. The Morgan fingerprint density at radius 3 is 2.54 bits per heavy atom. The molecule has 1 aliphatic heterocycles. The molecule has 1 aliphatic rings. The fraction of sp³-hybridized carbons (Fsp3) is 0.824. The van der Waals surface area contributed by atoms with Gasteiger partial charge in [-0.1, -0.05) is 0 Å². The van der Waals surface area contributed by atoms with Gasteiger partial charge in [0.25, 0.3) is 0 Å². The van der Waals surface area contributed by atoms with Crippen LogP contribution >= 0.6 is 0 Å². The molecule has 1 saturated heterocycles. The predicted octanol–water partition coefficient (Wildman–Crippen LogP) is 1.01. The third-order valence-corrected chi connectivity index (χ3v) is 3.65. The van der Waals surface area contributed by atoms with Crippen molar-refractivity contribution >= 4 is 18.0 Å². The smallest absolute Gasteiger partial charge is 0.408 e. The van der Waals surface area contributed by atoms with Crippen LogP contribution in [0, 0.1) is 0 Å². The van der Waals surface area contributed by atoms with E-state index in [2.05, 4.69) is 5.32 Å². The van der Waals surface area contributed by atoms with E-state index in [0.717, 1.165) is 0 Å². The van der Waals surface area contributed by atoms with E-state index in [1.807, 2.05) is 6.92 Å². The van der Waals surface area contributed by atoms with Crippen LogP contribution in [0.15, 0.2) is 0 Å². The molecule has 0 aliphatic carbocycles. The lowest BCUT2D eigenvalue weighted by Crippen LogP contribution is -2.46. The Kier molecular flexibility index (Phi) is 8.80. The third kappa shape index (κ3) is 8.48. The zero-order valence-corrected chi connectivity index (χ0v) is 15.9. The SMILES string of the molecule is CCOCCOC1CCN(C(=O)C[C@H](NC(=O)OC(C)(C)C)C(=O)O)C1. The molecular formula is C17H30N2O7. The van der Waals surface area contributed by atoms with Gasteiger partial charge in [0, 0.05) is 19.7 Å². The van der Waals surface area contributed by atoms with Crippen molar-refractivity contribution in [3.63, 3.8) is 0 Å². The number of hydrogen-bond acceptors (Lipinski definition) is 6. The molecular weight excluding hydrogens is 344 g/mol. The first kappa shape index (κ1) is 22.2. The van der Waals surface area contributed by atoms with Crippen molar-refractivity contribution in [2.75, 3.05) is 32.9 Å². The molecule has 0 saturated carbocycles. The van der Waals surface area contributed by atoms with E-state index >= 15 is 0 Å². The van der Waals surface area contributed by atoms with Gasteiger partial charge < -0.3 is 29.5 Å². The van der Waals surface area contributed by atoms with Gasteiger partial charge in [-0.15, -0.1) is 0 Å². The van der Waals surface area contributed by atoms with Gasteiger partial charge >= 0.3 is 12.1 Å². The van der Waals surface area contributed by atoms with Crippen molar-refractivity contribution < 1.29 is 33.7 Å². The highest BCUT2D eigenvalue weighted by molar-refractivity contribution is 5.87. The van der Waals surface area contributed by atoms with Crippen LogP contribution in [-0.4, -0.2) is 78.6 Å². The summed E-state index contributed by atoms with van der Waals surface area (Å²) < 4.78 is 15.9. The molecule has 1 heterocycles. The van der Waals surface area contributed by atoms with Gasteiger partial charge in [-0.25, -0.2) is 9.59 Å². The molecule has 1 unspecified atom stereocenters. The van der Waals surface area contributed by atoms with E-state index in [1.54, 1.807) is 25.7 Å². The zero-order valence-electron chi connectivity index (χ0n) is 15.9. The van der Waals surface area contributed by atoms with Crippen LogP contribution in [0.1, 0.15) is 40.5 Å². The minimum Gasteiger partial charge on any atom is -0.480 e. The predicted molar refractivity (Wildman–Crippen MR) is 92.8 cm³/mol. The molecule has 1 rings (SSSR count). The van der Waals surface area contributed by atoms with Crippen molar-refractivity contribution in [3.8, 4) is 0 Å². The van der Waals surface area contributed by atoms with Crippen molar-refractivity contribution in [1.29, 1.82) is 0 Å². The number of amides is 2. The second-order valence-electron chi connectivity index (χ2n) is 7.06. The second kappa shape index (κ2) is 10.3. The van der Waals surface area contributed by atoms with Gasteiger partial charge in [-0.2, -0.15) is 0 Å². The van der Waals surface area contributed by atoms with E-state index < -0.39 is 23.7 Å². The summed E-state index contributed by atoms with van der Waals surface area (Å²) in [6.45, 7) is 9.40. The monoisotopic (exact) mass is 374 g/mol. The number of carboxylic acids is 1. The number of aliphatic carboxylic acids is 1. The van der Waals surface area contributed by atoms with Crippen LogP contribution in [0.5, 0.6) is 0 Å². The first-order valence-corrected chi connectivity index (χ1v) is 8.81. The van der Waals surface area contributed by atoms with Crippen LogP contribution in [0.25, 0.3) is 0 Å². The van der Waals surface area contributed by atoms with Gasteiger partial charge in [-0.05, 0) is 34.1 Å². The van der Waals surface area contributed by atoms with Gasteiger partial charge in [0.2, 0.25) is 5.91 Å². The van der Waals surface area contributed by atoms with E-state index in [9.17, 15) is 19.5 Å². The lowest BCUT2D eigenvalue weighted by Gasteiger charge is -2.23. The number of alkyl carbamates (subject to hydrolysis) is 1. The second-order valence-corrected chi connectivity index (χ2v) is 7.06. The molecule has 1 fully saturated rings. The van der Waals surface area contributed by atoms with Crippen molar-refractivity contribution in [3.05, 3.63) is 0 Å². The maximum absolute atomic E-state index is 12.3. The summed E-state index contributed by atoms with van der Waals surface area (Å²) in [6.07, 6.45) is -0.590. The van der Waals surface area contributed by atoms with Crippen molar-refractivity contribution in [2.24, 2.45) is 0 Å². The summed E-state index contributed by atoms with van der Waals surface area (Å²) in [7, 11) is 0. The van der Waals surface area contributed by atoms with Gasteiger partial charge in [0.05, 0.1) is 25.7 Å². The molecule has 0 radical (unpaired) electrons. The average Bonchev–Trinajstić information content (AvgIpc) is 2.98. The number of rotatable bonds is 9. The summed E-state index contributed by atoms with van der Waals surface area (Å²) in [5.41, 5.74) is -0.752. The first-order chi connectivity index (χ1) is 12.1. The molecule has 26 heavy (non-hydrogen) atoms. The van der Waals surface area contributed by atoms with E-state index in [-0.39, 0.29) is 18.4 Å². The minimum absolute atomic E-state index is 0.0819. The Bertz CT molecular complexity index is 490. The molecule has 2 N–H and O–H groups in total. The molecule has 0 aromatic rings. The summed E-state index contributed by atoms with van der Waals surface area (Å²) in [6, 6.07) is -1.34. The molecule has 0 spiro atoms. The fourth-order valence-electron chi connectivity index (χ4n) is 2.46. The Balaban J connectivity index is 2.45. The molecule has 0 aromatic carbocycles. The molecule has 150 valence electrons. The van der Waals surface area contributed by atoms with Gasteiger partial charge in [0.1, 0.15) is 11.6 Å². The van der Waals surface area contributed by atoms with Crippen molar-refractivity contribution in [2.45, 2.75) is 58.3 Å². The Morgan fingerprint density at radius 2 is 1.96 bits per heavy atom. The van der Waals surface area contributed by atoms with Crippen LogP contribution in [0.2, 0.25) is 0 Å².